The molecule has 20 heavy (non-hydrogen) atoms. The Labute approximate surface area is 119 Å². The van der Waals surface area contributed by atoms with Crippen molar-refractivity contribution < 1.29 is 24.2 Å². The van der Waals surface area contributed by atoms with Gasteiger partial charge in [0.1, 0.15) is 6.61 Å². The van der Waals surface area contributed by atoms with Gasteiger partial charge in [-0.05, 0) is 0 Å². The molecular weight excluding hydrogens is 286 g/mol. The number of methoxy groups -OCH3 is 1. The van der Waals surface area contributed by atoms with E-state index in [2.05, 4.69) is 20.4 Å². The maximum absolute atomic E-state index is 11.5. The molecule has 0 spiro atoms. The quantitative estimate of drug-likeness (QED) is 0.615. The first-order chi connectivity index (χ1) is 9.51. The number of nitrogens with zero attached hydrogens (tertiary/aromatic N) is 1. The Balaban J connectivity index is 2.37. The zero-order chi connectivity index (χ0) is 15.0. The van der Waals surface area contributed by atoms with Gasteiger partial charge in [0.2, 0.25) is 5.91 Å². The standard InChI is InChI=1S/C11H15N3O5S/c1-19-5-9(16)14-11-13-7(6-20-11)4-8(15)12-3-2-10(17)18/h6H,2-5H2,1H3,(H,12,15)(H,17,18)(H,13,14,16). The van der Waals surface area contributed by atoms with Gasteiger partial charge in [0.25, 0.3) is 5.91 Å². The average Bonchev–Trinajstić information content (AvgIpc) is 2.76. The van der Waals surface area contributed by atoms with E-state index >= 15 is 0 Å². The van der Waals surface area contributed by atoms with Gasteiger partial charge in [-0.3, -0.25) is 19.7 Å². The van der Waals surface area contributed by atoms with Crippen molar-refractivity contribution in [2.75, 3.05) is 25.6 Å². The summed E-state index contributed by atoms with van der Waals surface area (Å²) in [5.41, 5.74) is 0.510. The molecule has 1 aromatic heterocycles. The van der Waals surface area contributed by atoms with Crippen LogP contribution in [0.25, 0.3) is 0 Å². The van der Waals surface area contributed by atoms with Crippen molar-refractivity contribution in [1.82, 2.24) is 10.3 Å². The predicted octanol–water partition coefficient (Wildman–Crippen LogP) is -0.139. The Morgan fingerprint density at radius 1 is 1.40 bits per heavy atom. The fourth-order valence-electron chi connectivity index (χ4n) is 1.27. The number of nitrogens with one attached hydrogen (secondary N) is 2. The molecule has 0 unspecified atom stereocenters. The first-order valence-corrected chi connectivity index (χ1v) is 6.61. The molecule has 8 nitrogen and oxygen atoms in total. The lowest BCUT2D eigenvalue weighted by atomic mass is 10.3. The third-order valence-electron chi connectivity index (χ3n) is 2.08. The minimum atomic E-state index is -0.970. The molecule has 0 aliphatic carbocycles. The van der Waals surface area contributed by atoms with Gasteiger partial charge in [-0.1, -0.05) is 0 Å². The molecule has 0 saturated heterocycles. The smallest absolute Gasteiger partial charge is 0.305 e. The van der Waals surface area contributed by atoms with Crippen molar-refractivity contribution in [2.45, 2.75) is 12.8 Å². The van der Waals surface area contributed by atoms with Gasteiger partial charge < -0.3 is 15.2 Å². The molecule has 1 rings (SSSR count). The van der Waals surface area contributed by atoms with Gasteiger partial charge in [-0.25, -0.2) is 4.98 Å². The van der Waals surface area contributed by atoms with E-state index in [-0.39, 0.29) is 37.8 Å². The Morgan fingerprint density at radius 2 is 2.15 bits per heavy atom. The number of carbonyl (C=O) groups excluding carboxylic acids is 2. The number of ether oxygens (including phenoxy) is 1. The summed E-state index contributed by atoms with van der Waals surface area (Å²) in [6, 6.07) is 0. The minimum absolute atomic E-state index is 0.0380. The van der Waals surface area contributed by atoms with Crippen LogP contribution < -0.4 is 10.6 Å². The largest absolute Gasteiger partial charge is 0.481 e. The highest BCUT2D eigenvalue weighted by Crippen LogP contribution is 2.15. The van der Waals surface area contributed by atoms with Crippen LogP contribution >= 0.6 is 11.3 Å². The normalized spacial score (nSPS) is 10.1. The van der Waals surface area contributed by atoms with Crippen molar-refractivity contribution in [2.24, 2.45) is 0 Å². The van der Waals surface area contributed by atoms with Crippen molar-refractivity contribution in [3.05, 3.63) is 11.1 Å². The van der Waals surface area contributed by atoms with Gasteiger partial charge >= 0.3 is 5.97 Å². The van der Waals surface area contributed by atoms with Gasteiger partial charge in [-0.2, -0.15) is 0 Å². The summed E-state index contributed by atoms with van der Waals surface area (Å²) < 4.78 is 4.66. The zero-order valence-corrected chi connectivity index (χ0v) is 11.7. The molecule has 9 heteroatoms. The van der Waals surface area contributed by atoms with Crippen molar-refractivity contribution >= 4 is 34.3 Å². The first-order valence-electron chi connectivity index (χ1n) is 5.73. The Morgan fingerprint density at radius 3 is 2.80 bits per heavy atom. The second kappa shape index (κ2) is 8.23. The van der Waals surface area contributed by atoms with Crippen LogP contribution in [-0.2, 0) is 25.5 Å². The van der Waals surface area contributed by atoms with E-state index in [0.29, 0.717) is 10.8 Å². The maximum atomic E-state index is 11.5. The molecule has 0 aromatic carbocycles. The summed E-state index contributed by atoms with van der Waals surface area (Å²) in [5.74, 6) is -1.60. The summed E-state index contributed by atoms with van der Waals surface area (Å²) in [6.45, 7) is 0.0142. The van der Waals surface area contributed by atoms with Gasteiger partial charge in [0.15, 0.2) is 5.13 Å². The lowest BCUT2D eigenvalue weighted by Crippen LogP contribution is -2.27. The lowest BCUT2D eigenvalue weighted by Gasteiger charge is -2.01. The number of carboxylic acids is 1. The fourth-order valence-corrected chi connectivity index (χ4v) is 1.99. The number of rotatable bonds is 8. The van der Waals surface area contributed by atoms with E-state index in [0.717, 1.165) is 0 Å². The molecule has 0 aliphatic heterocycles. The highest BCUT2D eigenvalue weighted by atomic mass is 32.1. The molecule has 0 fully saturated rings. The van der Waals surface area contributed by atoms with Crippen molar-refractivity contribution in [3.8, 4) is 0 Å². The summed E-state index contributed by atoms with van der Waals surface area (Å²) in [6.07, 6.45) is -0.0859. The Kier molecular flexibility index (Phi) is 6.60. The van der Waals surface area contributed by atoms with Gasteiger partial charge in [0, 0.05) is 19.0 Å². The molecule has 0 radical (unpaired) electrons. The van der Waals surface area contributed by atoms with Crippen molar-refractivity contribution in [3.63, 3.8) is 0 Å². The van der Waals surface area contributed by atoms with E-state index in [1.165, 1.54) is 18.4 Å². The van der Waals surface area contributed by atoms with Crippen molar-refractivity contribution in [1.29, 1.82) is 0 Å². The maximum Gasteiger partial charge on any atom is 0.305 e. The highest BCUT2D eigenvalue weighted by Gasteiger charge is 2.10. The van der Waals surface area contributed by atoms with E-state index in [1.54, 1.807) is 5.38 Å². The lowest BCUT2D eigenvalue weighted by molar-refractivity contribution is -0.137. The number of hydrogen-bond acceptors (Lipinski definition) is 6. The summed E-state index contributed by atoms with van der Waals surface area (Å²) in [5, 5.41) is 15.5. The Hall–Kier alpha value is -2.00. The van der Waals surface area contributed by atoms with E-state index in [1.807, 2.05) is 0 Å². The van der Waals surface area contributed by atoms with E-state index in [4.69, 9.17) is 5.11 Å². The molecule has 0 atom stereocenters. The number of aliphatic carboxylic acids is 1. The fraction of sp³-hybridized carbons (Fsp3) is 0.455. The average molecular weight is 301 g/mol. The number of hydrogen-bond donors (Lipinski definition) is 3. The van der Waals surface area contributed by atoms with E-state index in [9.17, 15) is 14.4 Å². The topological polar surface area (TPSA) is 118 Å². The molecule has 1 aromatic rings. The molecule has 110 valence electrons. The van der Waals surface area contributed by atoms with Crippen LogP contribution in [0.3, 0.4) is 0 Å². The second-order valence-electron chi connectivity index (χ2n) is 3.80. The second-order valence-corrected chi connectivity index (χ2v) is 4.65. The summed E-state index contributed by atoms with van der Waals surface area (Å²) in [7, 11) is 1.41. The third-order valence-corrected chi connectivity index (χ3v) is 2.88. The van der Waals surface area contributed by atoms with Gasteiger partial charge in [0.05, 0.1) is 18.5 Å². The number of aromatic nitrogens is 1. The van der Waals surface area contributed by atoms with E-state index < -0.39 is 5.97 Å². The van der Waals surface area contributed by atoms with Gasteiger partial charge in [-0.15, -0.1) is 11.3 Å². The molecule has 0 aliphatic rings. The molecule has 0 saturated carbocycles. The van der Waals surface area contributed by atoms with Crippen LogP contribution in [0, 0.1) is 0 Å². The van der Waals surface area contributed by atoms with Crippen LogP contribution in [0.4, 0.5) is 5.13 Å². The number of carbonyl (C=O) groups is 3. The van der Waals surface area contributed by atoms with Crippen LogP contribution in [0.5, 0.6) is 0 Å². The number of carboxylic acid groups (broad SMARTS) is 1. The first kappa shape index (κ1) is 16.1. The monoisotopic (exact) mass is 301 g/mol. The van der Waals surface area contributed by atoms with Crippen LogP contribution in [-0.4, -0.2) is 48.1 Å². The third kappa shape index (κ3) is 6.25. The van der Waals surface area contributed by atoms with Crippen LogP contribution in [0.2, 0.25) is 0 Å². The number of anilines is 1. The zero-order valence-electron chi connectivity index (χ0n) is 10.8. The SMILES string of the molecule is COCC(=O)Nc1nc(CC(=O)NCCC(=O)O)cs1. The van der Waals surface area contributed by atoms with Crippen LogP contribution in [0.1, 0.15) is 12.1 Å². The minimum Gasteiger partial charge on any atom is -0.481 e. The molecule has 3 N–H and O–H groups in total. The van der Waals surface area contributed by atoms with Crippen LogP contribution in [0.15, 0.2) is 5.38 Å². The summed E-state index contributed by atoms with van der Waals surface area (Å²) in [4.78, 5) is 37.1. The molecular formula is C11H15N3O5S. The summed E-state index contributed by atoms with van der Waals surface area (Å²) >= 11 is 1.20. The molecule has 0 bridgehead atoms. The molecule has 1 heterocycles. The number of thiazole rings is 1. The predicted molar refractivity (Wildman–Crippen MR) is 71.6 cm³/mol. The highest BCUT2D eigenvalue weighted by molar-refractivity contribution is 7.13. The molecule has 2 amide bonds. The Bertz CT molecular complexity index is 488. The number of amides is 2.